The summed E-state index contributed by atoms with van der Waals surface area (Å²) in [4.78, 5) is 21.3. The zero-order valence-electron chi connectivity index (χ0n) is 16.3. The molecule has 0 N–H and O–H groups in total. The number of aryl methyl sites for hydroxylation is 2. The number of amides is 1. The zero-order valence-corrected chi connectivity index (χ0v) is 17.1. The van der Waals surface area contributed by atoms with Crippen molar-refractivity contribution in [2.24, 2.45) is 0 Å². The summed E-state index contributed by atoms with van der Waals surface area (Å²) in [5, 5.41) is 0. The van der Waals surface area contributed by atoms with E-state index in [9.17, 15) is 9.18 Å². The Hall–Kier alpha value is -2.28. The van der Waals surface area contributed by atoms with Crippen LogP contribution in [-0.4, -0.2) is 54.3 Å². The lowest BCUT2D eigenvalue weighted by molar-refractivity contribution is 0.0742. The van der Waals surface area contributed by atoms with Gasteiger partial charge in [0.25, 0.3) is 5.91 Å². The summed E-state index contributed by atoms with van der Waals surface area (Å²) in [5.41, 5.74) is 3.27. The Balaban J connectivity index is 1.42. The van der Waals surface area contributed by atoms with E-state index >= 15 is 0 Å². The molecule has 2 aliphatic heterocycles. The van der Waals surface area contributed by atoms with Crippen LogP contribution in [0.2, 0.25) is 0 Å². The summed E-state index contributed by atoms with van der Waals surface area (Å²) in [6.45, 7) is 7.55. The first-order valence-electron chi connectivity index (χ1n) is 9.70. The summed E-state index contributed by atoms with van der Waals surface area (Å²) < 4.78 is 16.7. The molecular weight excluding hydrogens is 375 g/mol. The number of hydrogen-bond acceptors (Lipinski definition) is 5. The monoisotopic (exact) mass is 400 g/mol. The van der Waals surface area contributed by atoms with Gasteiger partial charge in [0.2, 0.25) is 0 Å². The minimum absolute atomic E-state index is 0.158. The second-order valence-electron chi connectivity index (χ2n) is 7.39. The molecule has 2 fully saturated rings. The van der Waals surface area contributed by atoms with E-state index in [1.165, 1.54) is 6.07 Å². The number of rotatable bonds is 3. The van der Waals surface area contributed by atoms with Crippen LogP contribution in [-0.2, 0) is 0 Å². The maximum absolute atomic E-state index is 14.6. The van der Waals surface area contributed by atoms with E-state index in [4.69, 9.17) is 0 Å². The predicted molar refractivity (Wildman–Crippen MR) is 113 cm³/mol. The Morgan fingerprint density at radius 2 is 1.89 bits per heavy atom. The van der Waals surface area contributed by atoms with Crippen molar-refractivity contribution < 1.29 is 9.18 Å². The van der Waals surface area contributed by atoms with Crippen molar-refractivity contribution in [3.05, 3.63) is 53.0 Å². The molecule has 2 aliphatic rings. The Morgan fingerprint density at radius 3 is 2.54 bits per heavy atom. The molecule has 0 saturated carbocycles. The number of benzene rings is 1. The molecule has 0 bridgehead atoms. The van der Waals surface area contributed by atoms with Gasteiger partial charge in [-0.15, -0.1) is 0 Å². The minimum Gasteiger partial charge on any atom is -0.353 e. The normalized spacial score (nSPS) is 17.3. The number of halogens is 1. The van der Waals surface area contributed by atoms with Crippen molar-refractivity contribution in [3.8, 4) is 0 Å². The van der Waals surface area contributed by atoms with Crippen LogP contribution < -0.4 is 9.21 Å². The van der Waals surface area contributed by atoms with Gasteiger partial charge in [-0.2, -0.15) is 0 Å². The maximum Gasteiger partial charge on any atom is 0.256 e. The molecular formula is C21H25FN4OS. The van der Waals surface area contributed by atoms with Crippen LogP contribution in [0.5, 0.6) is 0 Å². The molecule has 2 aromatic rings. The summed E-state index contributed by atoms with van der Waals surface area (Å²) in [6, 6.07) is 7.09. The van der Waals surface area contributed by atoms with Gasteiger partial charge in [-0.25, -0.2) is 9.37 Å². The molecule has 7 heteroatoms. The number of hydrogen-bond donors (Lipinski definition) is 0. The van der Waals surface area contributed by atoms with E-state index < -0.39 is 5.82 Å². The van der Waals surface area contributed by atoms with Gasteiger partial charge in [-0.05, 0) is 61.5 Å². The highest BCUT2D eigenvalue weighted by molar-refractivity contribution is 8.00. The van der Waals surface area contributed by atoms with Gasteiger partial charge in [0.05, 0.1) is 5.56 Å². The first-order valence-corrected chi connectivity index (χ1v) is 10.6. The molecule has 3 heterocycles. The fraction of sp³-hybridized carbons (Fsp3) is 0.429. The van der Waals surface area contributed by atoms with E-state index in [-0.39, 0.29) is 11.5 Å². The third-order valence-electron chi connectivity index (χ3n) is 5.28. The third-order valence-corrected chi connectivity index (χ3v) is 6.45. The first-order chi connectivity index (χ1) is 13.5. The number of anilines is 2. The third kappa shape index (κ3) is 3.81. The van der Waals surface area contributed by atoms with E-state index in [0.717, 1.165) is 41.4 Å². The molecule has 1 aromatic heterocycles. The average molecular weight is 401 g/mol. The number of aromatic nitrogens is 1. The van der Waals surface area contributed by atoms with Crippen LogP contribution in [0.15, 0.2) is 30.5 Å². The molecule has 0 spiro atoms. The van der Waals surface area contributed by atoms with E-state index in [1.807, 2.05) is 19.2 Å². The lowest BCUT2D eigenvalue weighted by atomic mass is 10.1. The molecule has 1 amide bonds. The molecule has 0 radical (unpaired) electrons. The SMILES string of the molecule is Cc1cnc(N2CCN(C(=O)c3ccc(N4CCCS4)cc3F)CC2)c(C)c1. The van der Waals surface area contributed by atoms with Gasteiger partial charge >= 0.3 is 0 Å². The highest BCUT2D eigenvalue weighted by Gasteiger charge is 2.26. The molecule has 5 nitrogen and oxygen atoms in total. The van der Waals surface area contributed by atoms with Crippen LogP contribution in [0.25, 0.3) is 0 Å². The van der Waals surface area contributed by atoms with Crippen molar-refractivity contribution in [1.29, 1.82) is 0 Å². The van der Waals surface area contributed by atoms with Crippen LogP contribution in [0.1, 0.15) is 27.9 Å². The Bertz CT molecular complexity index is 877. The van der Waals surface area contributed by atoms with Crippen LogP contribution in [0.4, 0.5) is 15.9 Å². The average Bonchev–Trinajstić information content (AvgIpc) is 3.22. The number of carbonyl (C=O) groups is 1. The van der Waals surface area contributed by atoms with Crippen LogP contribution >= 0.6 is 11.9 Å². The molecule has 4 rings (SSSR count). The van der Waals surface area contributed by atoms with Gasteiger partial charge in [0, 0.05) is 50.4 Å². The fourth-order valence-corrected chi connectivity index (χ4v) is 4.81. The summed E-state index contributed by atoms with van der Waals surface area (Å²) in [6.07, 6.45) is 2.97. The number of pyridine rings is 1. The molecule has 0 atom stereocenters. The number of nitrogens with zero attached hydrogens (tertiary/aromatic N) is 4. The standard InChI is InChI=1S/C21H25FN4OS/c1-15-12-16(2)20(23-14-15)24-7-9-25(10-8-24)21(27)18-5-4-17(13-19(18)22)26-6-3-11-28-26/h4-5,12-14H,3,6-11H2,1-2H3. The molecule has 0 aliphatic carbocycles. The van der Waals surface area contributed by atoms with Crippen LogP contribution in [0.3, 0.4) is 0 Å². The summed E-state index contributed by atoms with van der Waals surface area (Å²) in [7, 11) is 0. The first kappa shape index (κ1) is 19.1. The van der Waals surface area contributed by atoms with E-state index in [0.29, 0.717) is 26.2 Å². The second-order valence-corrected chi connectivity index (χ2v) is 8.49. The highest BCUT2D eigenvalue weighted by Crippen LogP contribution is 2.30. The van der Waals surface area contributed by atoms with Crippen molar-refractivity contribution in [2.45, 2.75) is 20.3 Å². The fourth-order valence-electron chi connectivity index (χ4n) is 3.81. The number of carbonyl (C=O) groups excluding carboxylic acids is 1. The topological polar surface area (TPSA) is 39.7 Å². The number of piperazine rings is 1. The van der Waals surface area contributed by atoms with Gasteiger partial charge in [0.1, 0.15) is 11.6 Å². The molecule has 2 saturated heterocycles. The van der Waals surface area contributed by atoms with E-state index in [1.54, 1.807) is 22.9 Å². The van der Waals surface area contributed by atoms with Crippen molar-refractivity contribution in [3.63, 3.8) is 0 Å². The van der Waals surface area contributed by atoms with Gasteiger partial charge in [-0.1, -0.05) is 6.07 Å². The molecule has 1 aromatic carbocycles. The quantitative estimate of drug-likeness (QED) is 0.736. The largest absolute Gasteiger partial charge is 0.353 e. The van der Waals surface area contributed by atoms with Crippen molar-refractivity contribution in [1.82, 2.24) is 9.88 Å². The Labute approximate surface area is 169 Å². The lowest BCUT2D eigenvalue weighted by Crippen LogP contribution is -2.49. The zero-order chi connectivity index (χ0) is 19.7. The summed E-state index contributed by atoms with van der Waals surface area (Å²) >= 11 is 1.71. The van der Waals surface area contributed by atoms with Gasteiger partial charge < -0.3 is 14.1 Å². The molecule has 148 valence electrons. The van der Waals surface area contributed by atoms with Crippen molar-refractivity contribution in [2.75, 3.05) is 47.7 Å². The highest BCUT2D eigenvalue weighted by atomic mass is 32.2. The summed E-state index contributed by atoms with van der Waals surface area (Å²) in [5.74, 6) is 1.36. The van der Waals surface area contributed by atoms with Crippen molar-refractivity contribution >= 4 is 29.4 Å². The predicted octanol–water partition coefficient (Wildman–Crippen LogP) is 3.66. The minimum atomic E-state index is -0.437. The lowest BCUT2D eigenvalue weighted by Gasteiger charge is -2.36. The smallest absolute Gasteiger partial charge is 0.256 e. The van der Waals surface area contributed by atoms with Crippen LogP contribution in [0, 0.1) is 19.7 Å². The maximum atomic E-state index is 14.6. The Kier molecular flexibility index (Phi) is 5.44. The second kappa shape index (κ2) is 7.99. The Morgan fingerprint density at radius 1 is 1.11 bits per heavy atom. The van der Waals surface area contributed by atoms with E-state index in [2.05, 4.69) is 27.2 Å². The molecule has 28 heavy (non-hydrogen) atoms. The van der Waals surface area contributed by atoms with Gasteiger partial charge in [-0.3, -0.25) is 4.79 Å². The van der Waals surface area contributed by atoms with Gasteiger partial charge in [0.15, 0.2) is 0 Å². The molecule has 0 unspecified atom stereocenters.